The fraction of sp³-hybridized carbons (Fsp3) is 0. The lowest BCUT2D eigenvalue weighted by Crippen LogP contribution is -2.06. The Bertz CT molecular complexity index is 224. The number of rotatable bonds is 0. The fourth-order valence-corrected chi connectivity index (χ4v) is 0.944. The third kappa shape index (κ3) is 1.68. The summed E-state index contributed by atoms with van der Waals surface area (Å²) in [7, 11) is 1.89. The van der Waals surface area contributed by atoms with E-state index >= 15 is 0 Å². The highest BCUT2D eigenvalue weighted by Gasteiger charge is 1.93. The molecular formula is C6H5BFI. The van der Waals surface area contributed by atoms with Gasteiger partial charge < -0.3 is 0 Å². The van der Waals surface area contributed by atoms with Gasteiger partial charge in [0.2, 0.25) is 0 Å². The van der Waals surface area contributed by atoms with Crippen LogP contribution in [0.3, 0.4) is 0 Å². The van der Waals surface area contributed by atoms with Crippen LogP contribution in [0.1, 0.15) is 0 Å². The predicted octanol–water partition coefficient (Wildman–Crippen LogP) is 0.689. The molecule has 0 unspecified atom stereocenters. The maximum Gasteiger partial charge on any atom is 0.140 e. The minimum atomic E-state index is -0.159. The maximum atomic E-state index is 12.3. The molecule has 0 heterocycles. The summed E-state index contributed by atoms with van der Waals surface area (Å²) >= 11 is 2.17. The summed E-state index contributed by atoms with van der Waals surface area (Å²) in [5.41, 5.74) is 0.996. The summed E-state index contributed by atoms with van der Waals surface area (Å²) in [5, 5.41) is 0. The third-order valence-corrected chi connectivity index (χ3v) is 2.33. The molecule has 1 aromatic carbocycles. The van der Waals surface area contributed by atoms with Gasteiger partial charge in [-0.25, -0.2) is 4.39 Å². The second-order valence-electron chi connectivity index (χ2n) is 1.89. The Hall–Kier alpha value is -0.0551. The first kappa shape index (κ1) is 7.06. The Morgan fingerprint density at radius 2 is 2.11 bits per heavy atom. The van der Waals surface area contributed by atoms with Gasteiger partial charge in [0.05, 0.1) is 0 Å². The summed E-state index contributed by atoms with van der Waals surface area (Å²) in [6, 6.07) is 4.77. The molecule has 1 rings (SSSR count). The maximum absolute atomic E-state index is 12.3. The lowest BCUT2D eigenvalue weighted by molar-refractivity contribution is 0.628. The van der Waals surface area contributed by atoms with E-state index in [4.69, 9.17) is 0 Å². The van der Waals surface area contributed by atoms with Crippen molar-refractivity contribution in [3.8, 4) is 0 Å². The van der Waals surface area contributed by atoms with Gasteiger partial charge in [-0.05, 0) is 40.8 Å². The van der Waals surface area contributed by atoms with Gasteiger partial charge in [0, 0.05) is 3.57 Å². The van der Waals surface area contributed by atoms with Gasteiger partial charge in [-0.3, -0.25) is 0 Å². The number of halogens is 2. The molecule has 9 heavy (non-hydrogen) atoms. The first-order chi connectivity index (χ1) is 4.20. The Balaban J connectivity index is 3.17. The molecule has 0 nitrogen and oxygen atoms in total. The molecule has 0 fully saturated rings. The first-order valence-electron chi connectivity index (χ1n) is 2.62. The molecule has 0 amide bonds. The Labute approximate surface area is 68.0 Å². The zero-order valence-corrected chi connectivity index (χ0v) is 7.15. The van der Waals surface area contributed by atoms with E-state index < -0.39 is 0 Å². The van der Waals surface area contributed by atoms with Crippen LogP contribution in [-0.4, -0.2) is 7.85 Å². The van der Waals surface area contributed by atoms with Crippen LogP contribution >= 0.6 is 22.6 Å². The minimum absolute atomic E-state index is 0.159. The molecule has 0 aliphatic rings. The lowest BCUT2D eigenvalue weighted by Gasteiger charge is -1.94. The monoisotopic (exact) mass is 234 g/mol. The average Bonchev–Trinajstić information content (AvgIpc) is 1.80. The van der Waals surface area contributed by atoms with Crippen LogP contribution in [0.4, 0.5) is 4.39 Å². The molecule has 0 atom stereocenters. The van der Waals surface area contributed by atoms with E-state index in [1.807, 2.05) is 7.85 Å². The van der Waals surface area contributed by atoms with Gasteiger partial charge in [-0.1, -0.05) is 5.46 Å². The quantitative estimate of drug-likeness (QED) is 0.457. The Morgan fingerprint density at radius 3 is 2.56 bits per heavy atom. The molecule has 0 spiro atoms. The summed E-state index contributed by atoms with van der Waals surface area (Å²) in [4.78, 5) is 0. The number of benzene rings is 1. The molecule has 3 heteroatoms. The summed E-state index contributed by atoms with van der Waals surface area (Å²) in [5.74, 6) is -0.159. The zero-order valence-electron chi connectivity index (χ0n) is 4.99. The van der Waals surface area contributed by atoms with Crippen molar-refractivity contribution in [2.75, 3.05) is 0 Å². The topological polar surface area (TPSA) is 0 Å². The van der Waals surface area contributed by atoms with Crippen LogP contribution in [0.2, 0.25) is 0 Å². The second kappa shape index (κ2) is 2.69. The SMILES string of the molecule is Bc1cc(F)ccc1I. The molecule has 0 saturated carbocycles. The first-order valence-corrected chi connectivity index (χ1v) is 3.69. The van der Waals surface area contributed by atoms with Crippen molar-refractivity contribution >= 4 is 35.9 Å². The van der Waals surface area contributed by atoms with Crippen LogP contribution in [0.5, 0.6) is 0 Å². The largest absolute Gasteiger partial charge is 0.207 e. The van der Waals surface area contributed by atoms with Crippen molar-refractivity contribution in [1.29, 1.82) is 0 Å². The van der Waals surface area contributed by atoms with Gasteiger partial charge in [0.15, 0.2) is 0 Å². The molecule has 1 aromatic rings. The van der Waals surface area contributed by atoms with Crippen molar-refractivity contribution in [3.05, 3.63) is 27.6 Å². The van der Waals surface area contributed by atoms with E-state index in [9.17, 15) is 4.39 Å². The number of hydrogen-bond donors (Lipinski definition) is 0. The highest BCUT2D eigenvalue weighted by atomic mass is 127. The molecule has 0 aliphatic carbocycles. The molecule has 46 valence electrons. The zero-order chi connectivity index (χ0) is 6.85. The third-order valence-electron chi connectivity index (χ3n) is 1.12. The van der Waals surface area contributed by atoms with Crippen molar-refractivity contribution in [2.45, 2.75) is 0 Å². The summed E-state index contributed by atoms with van der Waals surface area (Å²) in [6.45, 7) is 0. The van der Waals surface area contributed by atoms with Crippen molar-refractivity contribution < 1.29 is 4.39 Å². The molecule has 0 bridgehead atoms. The van der Waals surface area contributed by atoms with E-state index in [-0.39, 0.29) is 5.82 Å². The van der Waals surface area contributed by atoms with Gasteiger partial charge in [-0.2, -0.15) is 0 Å². The van der Waals surface area contributed by atoms with Crippen LogP contribution < -0.4 is 5.46 Å². The fourth-order valence-electron chi connectivity index (χ4n) is 0.608. The van der Waals surface area contributed by atoms with Gasteiger partial charge in [0.25, 0.3) is 0 Å². The van der Waals surface area contributed by atoms with E-state index in [0.29, 0.717) is 0 Å². The minimum Gasteiger partial charge on any atom is -0.207 e. The highest BCUT2D eigenvalue weighted by Crippen LogP contribution is 2.01. The second-order valence-corrected chi connectivity index (χ2v) is 3.06. The van der Waals surface area contributed by atoms with Crippen LogP contribution in [0.25, 0.3) is 0 Å². The molecule has 0 N–H and O–H groups in total. The summed E-state index contributed by atoms with van der Waals surface area (Å²) < 4.78 is 13.4. The Morgan fingerprint density at radius 1 is 1.44 bits per heavy atom. The van der Waals surface area contributed by atoms with E-state index in [1.165, 1.54) is 12.1 Å². The van der Waals surface area contributed by atoms with E-state index in [2.05, 4.69) is 22.6 Å². The van der Waals surface area contributed by atoms with Crippen LogP contribution in [0, 0.1) is 9.39 Å². The molecule has 0 aliphatic heterocycles. The predicted molar refractivity (Wildman–Crippen MR) is 47.3 cm³/mol. The van der Waals surface area contributed by atoms with Crippen molar-refractivity contribution in [1.82, 2.24) is 0 Å². The van der Waals surface area contributed by atoms with Gasteiger partial charge in [-0.15, -0.1) is 0 Å². The Kier molecular flexibility index (Phi) is 2.11. The lowest BCUT2D eigenvalue weighted by atomic mass is 9.97. The normalized spacial score (nSPS) is 9.56. The van der Waals surface area contributed by atoms with Gasteiger partial charge in [0.1, 0.15) is 13.7 Å². The van der Waals surface area contributed by atoms with Crippen molar-refractivity contribution in [3.63, 3.8) is 0 Å². The van der Waals surface area contributed by atoms with Crippen LogP contribution in [-0.2, 0) is 0 Å². The number of hydrogen-bond acceptors (Lipinski definition) is 0. The standard InChI is InChI=1S/C6H5BFI/c7-5-3-4(8)1-2-6(5)9/h1-3H,7H2. The highest BCUT2D eigenvalue weighted by molar-refractivity contribution is 14.1. The van der Waals surface area contributed by atoms with Crippen molar-refractivity contribution in [2.24, 2.45) is 0 Å². The van der Waals surface area contributed by atoms with E-state index in [0.717, 1.165) is 9.03 Å². The van der Waals surface area contributed by atoms with Crippen LogP contribution in [0.15, 0.2) is 18.2 Å². The molecule has 0 radical (unpaired) electrons. The van der Waals surface area contributed by atoms with E-state index in [1.54, 1.807) is 6.07 Å². The molecular weight excluding hydrogens is 229 g/mol. The molecule has 0 aromatic heterocycles. The summed E-state index contributed by atoms with van der Waals surface area (Å²) in [6.07, 6.45) is 0. The van der Waals surface area contributed by atoms with Gasteiger partial charge >= 0.3 is 0 Å². The molecule has 0 saturated heterocycles. The average molecular weight is 234 g/mol. The smallest absolute Gasteiger partial charge is 0.140 e.